The van der Waals surface area contributed by atoms with E-state index in [0.717, 1.165) is 0 Å². The van der Waals surface area contributed by atoms with Crippen molar-refractivity contribution >= 4 is 18.9 Å². The van der Waals surface area contributed by atoms with E-state index in [1.807, 2.05) is 6.92 Å². The van der Waals surface area contributed by atoms with E-state index in [4.69, 9.17) is 15.3 Å². The third kappa shape index (κ3) is 7.14. The largest absolute Gasteiger partial charge is 0.396 e. The van der Waals surface area contributed by atoms with Crippen LogP contribution in [0.5, 0.6) is 0 Å². The van der Waals surface area contributed by atoms with Crippen molar-refractivity contribution in [3.63, 3.8) is 0 Å². The number of carbonyl (C=O) groups is 1. The molecule has 0 heterocycles. The van der Waals surface area contributed by atoms with Crippen molar-refractivity contribution in [2.75, 3.05) is 19.8 Å². The molecule has 0 fully saturated rings. The average molecular weight is 226 g/mol. The lowest BCUT2D eigenvalue weighted by Crippen LogP contribution is -2.32. The van der Waals surface area contributed by atoms with E-state index in [0.29, 0.717) is 6.42 Å². The van der Waals surface area contributed by atoms with Gasteiger partial charge in [-0.1, -0.05) is 6.92 Å². The van der Waals surface area contributed by atoms with Gasteiger partial charge in [0.15, 0.2) is 0 Å². The van der Waals surface area contributed by atoms with Crippen LogP contribution in [0.2, 0.25) is 0 Å². The highest BCUT2D eigenvalue weighted by molar-refractivity contribution is 7.75. The molecule has 0 spiro atoms. The summed E-state index contributed by atoms with van der Waals surface area (Å²) in [5, 5.41) is 26.0. The van der Waals surface area contributed by atoms with Crippen LogP contribution in [0.25, 0.3) is 0 Å². The van der Waals surface area contributed by atoms with E-state index in [2.05, 4.69) is 17.1 Å². The summed E-state index contributed by atoms with van der Waals surface area (Å²) in [6.45, 7) is 2.64. The molecule has 0 bridgehead atoms. The van der Waals surface area contributed by atoms with Gasteiger partial charge in [-0.25, -0.2) is 0 Å². The Kier molecular flexibility index (Phi) is 10.7. The highest BCUT2D eigenvalue weighted by atomic mass is 32.1. The number of carbonyl (C=O) groups excluding carboxylic acids is 1. The molecule has 3 N–H and O–H groups in total. The summed E-state index contributed by atoms with van der Waals surface area (Å²) in [6, 6.07) is 0. The quantitative estimate of drug-likeness (QED) is 0.392. The Labute approximate surface area is 89.3 Å². The fourth-order valence-corrected chi connectivity index (χ4v) is 0.485. The van der Waals surface area contributed by atoms with Crippen molar-refractivity contribution in [3.8, 4) is 0 Å². The molecule has 0 aliphatic carbocycles. The molecule has 0 aromatic carbocycles. The molecule has 14 heavy (non-hydrogen) atoms. The van der Waals surface area contributed by atoms with Gasteiger partial charge in [0.2, 0.25) is 0 Å². The molecule has 0 atom stereocenters. The number of rotatable bonds is 4. The Bertz CT molecular complexity index is 129. The second kappa shape index (κ2) is 9.26. The van der Waals surface area contributed by atoms with Gasteiger partial charge in [-0.3, -0.25) is 4.79 Å². The minimum Gasteiger partial charge on any atom is -0.396 e. The standard InChI is InChI=1S/C6H14O3.C2H4O2S/c1-2-6(3-7,4-8)5-9;1-2(3)4-5/h7-9H,2-5H2,1H3;5H,1H3. The second-order valence-corrected chi connectivity index (χ2v) is 3.09. The third-order valence-electron chi connectivity index (χ3n) is 1.88. The fraction of sp³-hybridized carbons (Fsp3) is 0.875. The predicted octanol–water partition coefficient (Wildman–Crippen LogP) is -0.246. The van der Waals surface area contributed by atoms with Gasteiger partial charge in [-0.05, 0) is 6.42 Å². The minimum atomic E-state index is -0.667. The molecular weight excluding hydrogens is 208 g/mol. The lowest BCUT2D eigenvalue weighted by atomic mass is 9.88. The van der Waals surface area contributed by atoms with Crippen molar-refractivity contribution in [1.29, 1.82) is 0 Å². The number of hydrogen-bond donors (Lipinski definition) is 4. The second-order valence-electron chi connectivity index (χ2n) is 2.91. The normalized spacial score (nSPS) is 10.1. The zero-order valence-electron chi connectivity index (χ0n) is 8.43. The molecule has 6 heteroatoms. The van der Waals surface area contributed by atoms with Crippen molar-refractivity contribution in [2.45, 2.75) is 20.3 Å². The Balaban J connectivity index is 0. The van der Waals surface area contributed by atoms with Gasteiger partial charge in [-0.15, -0.1) is 0 Å². The SMILES string of the molecule is CC(=O)OS.CCC(CO)(CO)CO. The lowest BCUT2D eigenvalue weighted by molar-refractivity contribution is -0.130. The van der Waals surface area contributed by atoms with Gasteiger partial charge < -0.3 is 19.5 Å². The Hall–Kier alpha value is -0.300. The maximum absolute atomic E-state index is 9.51. The van der Waals surface area contributed by atoms with E-state index < -0.39 is 5.41 Å². The fourth-order valence-electron chi connectivity index (χ4n) is 0.485. The van der Waals surface area contributed by atoms with E-state index in [9.17, 15) is 4.79 Å². The molecule has 0 saturated carbocycles. The molecule has 0 aromatic rings. The van der Waals surface area contributed by atoms with Crippen molar-refractivity contribution < 1.29 is 24.3 Å². The van der Waals surface area contributed by atoms with Crippen LogP contribution < -0.4 is 0 Å². The first-order chi connectivity index (χ1) is 6.51. The molecule has 0 aliphatic heterocycles. The Morgan fingerprint density at radius 2 is 1.57 bits per heavy atom. The Morgan fingerprint density at radius 1 is 1.29 bits per heavy atom. The van der Waals surface area contributed by atoms with Crippen molar-refractivity contribution in [3.05, 3.63) is 0 Å². The van der Waals surface area contributed by atoms with Gasteiger partial charge in [-0.2, -0.15) is 0 Å². The van der Waals surface area contributed by atoms with Crippen LogP contribution in [0.3, 0.4) is 0 Å². The maximum atomic E-state index is 9.51. The highest BCUT2D eigenvalue weighted by Crippen LogP contribution is 2.18. The van der Waals surface area contributed by atoms with Gasteiger partial charge >= 0.3 is 5.97 Å². The van der Waals surface area contributed by atoms with Crippen LogP contribution in [0.4, 0.5) is 0 Å². The van der Waals surface area contributed by atoms with E-state index >= 15 is 0 Å². The summed E-state index contributed by atoms with van der Waals surface area (Å²) < 4.78 is 3.81. The molecule has 0 rings (SSSR count). The summed E-state index contributed by atoms with van der Waals surface area (Å²) in [7, 11) is 0. The first kappa shape index (κ1) is 16.1. The molecule has 0 unspecified atom stereocenters. The van der Waals surface area contributed by atoms with Crippen LogP contribution in [-0.4, -0.2) is 41.1 Å². The smallest absolute Gasteiger partial charge is 0.314 e. The van der Waals surface area contributed by atoms with Crippen LogP contribution in [-0.2, 0) is 8.98 Å². The zero-order chi connectivity index (χ0) is 11.6. The van der Waals surface area contributed by atoms with Gasteiger partial charge in [0, 0.05) is 25.2 Å². The van der Waals surface area contributed by atoms with Crippen LogP contribution in [0, 0.1) is 5.41 Å². The predicted molar refractivity (Wildman–Crippen MR) is 54.7 cm³/mol. The average Bonchev–Trinajstić information content (AvgIpc) is 2.23. The lowest BCUT2D eigenvalue weighted by Gasteiger charge is -2.24. The van der Waals surface area contributed by atoms with Crippen LogP contribution in [0.1, 0.15) is 20.3 Å². The van der Waals surface area contributed by atoms with Crippen molar-refractivity contribution in [1.82, 2.24) is 0 Å². The first-order valence-electron chi connectivity index (χ1n) is 4.16. The molecule has 0 aromatic heterocycles. The topological polar surface area (TPSA) is 87.0 Å². The third-order valence-corrected chi connectivity index (χ3v) is 2.14. The minimum absolute atomic E-state index is 0.156. The van der Waals surface area contributed by atoms with Gasteiger partial charge in [0.1, 0.15) is 0 Å². The number of aliphatic hydroxyl groups excluding tert-OH is 3. The summed E-state index contributed by atoms with van der Waals surface area (Å²) in [5.74, 6) is -0.381. The van der Waals surface area contributed by atoms with Crippen LogP contribution in [0.15, 0.2) is 0 Å². The van der Waals surface area contributed by atoms with Crippen LogP contribution >= 0.6 is 12.9 Å². The monoisotopic (exact) mass is 226 g/mol. The molecule has 0 saturated heterocycles. The van der Waals surface area contributed by atoms with E-state index in [-0.39, 0.29) is 25.8 Å². The molecular formula is C8H18O5S. The summed E-state index contributed by atoms with van der Waals surface area (Å²) in [4.78, 5) is 9.51. The van der Waals surface area contributed by atoms with E-state index in [1.165, 1.54) is 6.92 Å². The molecule has 0 aliphatic rings. The highest BCUT2D eigenvalue weighted by Gasteiger charge is 2.24. The number of aliphatic hydroxyl groups is 3. The first-order valence-corrected chi connectivity index (χ1v) is 4.53. The van der Waals surface area contributed by atoms with Gasteiger partial charge in [0.05, 0.1) is 19.8 Å². The van der Waals surface area contributed by atoms with Gasteiger partial charge in [0.25, 0.3) is 0 Å². The summed E-state index contributed by atoms with van der Waals surface area (Å²) in [5.41, 5.74) is -0.667. The van der Waals surface area contributed by atoms with E-state index in [1.54, 1.807) is 0 Å². The maximum Gasteiger partial charge on any atom is 0.314 e. The van der Waals surface area contributed by atoms with Crippen molar-refractivity contribution in [2.24, 2.45) is 5.41 Å². The summed E-state index contributed by atoms with van der Waals surface area (Å²) in [6.07, 6.45) is 0.594. The summed E-state index contributed by atoms with van der Waals surface area (Å²) >= 11 is 3.17. The number of hydrogen-bond acceptors (Lipinski definition) is 6. The Morgan fingerprint density at radius 3 is 1.57 bits per heavy atom. The zero-order valence-corrected chi connectivity index (χ0v) is 9.33. The molecule has 0 amide bonds. The molecule has 86 valence electrons. The number of thiol groups is 1. The molecule has 0 radical (unpaired) electrons. The molecule has 5 nitrogen and oxygen atoms in total.